The first kappa shape index (κ1) is 10.3. The van der Waals surface area contributed by atoms with E-state index in [-0.39, 0.29) is 5.89 Å². The summed E-state index contributed by atoms with van der Waals surface area (Å²) < 4.78 is 5.39. The van der Waals surface area contributed by atoms with Gasteiger partial charge in [-0.05, 0) is 0 Å². The van der Waals surface area contributed by atoms with Crippen LogP contribution in [0.25, 0.3) is 21.9 Å². The lowest BCUT2D eigenvalue weighted by atomic mass is 10.0. The van der Waals surface area contributed by atoms with Gasteiger partial charge in [0.15, 0.2) is 5.58 Å². The van der Waals surface area contributed by atoms with Gasteiger partial charge in [-0.3, -0.25) is 0 Å². The van der Waals surface area contributed by atoms with Crippen LogP contribution in [0.5, 0.6) is 0 Å². The summed E-state index contributed by atoms with van der Waals surface area (Å²) in [6.07, 6.45) is 1.11. The molecule has 0 amide bonds. The molecule has 0 unspecified atom stereocenters. The molecule has 0 spiro atoms. The van der Waals surface area contributed by atoms with Crippen LogP contribution in [0, 0.1) is 11.3 Å². The number of hydrogen-bond acceptors (Lipinski definition) is 5. The molecule has 1 N–H and O–H groups in total. The number of benzene rings is 2. The van der Waals surface area contributed by atoms with Crippen molar-refractivity contribution >= 4 is 28.1 Å². The van der Waals surface area contributed by atoms with Crippen LogP contribution >= 0.6 is 0 Å². The fraction of sp³-hybridized carbons (Fsp3) is 0. The number of nitrogens with zero attached hydrogens (tertiary/aromatic N) is 3. The third kappa shape index (κ3) is 1.40. The summed E-state index contributed by atoms with van der Waals surface area (Å²) in [6.45, 7) is 0. The van der Waals surface area contributed by atoms with Crippen LogP contribution in [0.3, 0.4) is 0 Å². The summed E-state index contributed by atoms with van der Waals surface area (Å²) in [7, 11) is 0. The quantitative estimate of drug-likeness (QED) is 0.400. The molecule has 18 heavy (non-hydrogen) atoms. The van der Waals surface area contributed by atoms with Crippen molar-refractivity contribution in [3.05, 3.63) is 41.8 Å². The average Bonchev–Trinajstić information content (AvgIpc) is 2.81. The second-order valence-corrected chi connectivity index (χ2v) is 3.72. The fourth-order valence-electron chi connectivity index (χ4n) is 1.97. The summed E-state index contributed by atoms with van der Waals surface area (Å²) in [6, 6.07) is 11.2. The van der Waals surface area contributed by atoms with Crippen molar-refractivity contribution in [2.24, 2.45) is 5.16 Å². The average molecular weight is 237 g/mol. The Morgan fingerprint density at radius 3 is 2.83 bits per heavy atom. The van der Waals surface area contributed by atoms with Gasteiger partial charge in [0, 0.05) is 16.8 Å². The molecule has 1 aromatic heterocycles. The van der Waals surface area contributed by atoms with Crippen molar-refractivity contribution in [1.29, 1.82) is 5.26 Å². The molecule has 0 saturated heterocycles. The van der Waals surface area contributed by atoms with E-state index in [1.807, 2.05) is 24.3 Å². The molecule has 1 heterocycles. The maximum Gasteiger partial charge on any atom is 0.242 e. The number of nitriles is 1. The van der Waals surface area contributed by atoms with E-state index >= 15 is 0 Å². The Kier molecular flexibility index (Phi) is 2.21. The number of rotatable bonds is 1. The highest BCUT2D eigenvalue weighted by Gasteiger charge is 2.11. The van der Waals surface area contributed by atoms with Gasteiger partial charge in [0.1, 0.15) is 11.7 Å². The molecule has 5 heteroatoms. The Labute approximate surface area is 102 Å². The first-order valence-electron chi connectivity index (χ1n) is 5.23. The van der Waals surface area contributed by atoms with Gasteiger partial charge in [0.25, 0.3) is 0 Å². The van der Waals surface area contributed by atoms with Gasteiger partial charge >= 0.3 is 0 Å². The van der Waals surface area contributed by atoms with Gasteiger partial charge in [0.05, 0.1) is 11.6 Å². The molecule has 0 aliphatic heterocycles. The highest BCUT2D eigenvalue weighted by Crippen LogP contribution is 2.28. The Morgan fingerprint density at radius 2 is 2.11 bits per heavy atom. The van der Waals surface area contributed by atoms with Crippen LogP contribution in [0.4, 0.5) is 0 Å². The Morgan fingerprint density at radius 1 is 1.33 bits per heavy atom. The van der Waals surface area contributed by atoms with E-state index in [0.29, 0.717) is 16.7 Å². The Hall–Kier alpha value is -2.87. The number of oxazole rings is 1. The van der Waals surface area contributed by atoms with Crippen LogP contribution in [0.15, 0.2) is 39.9 Å². The number of aromatic nitrogens is 1. The zero-order chi connectivity index (χ0) is 12.5. The SMILES string of the molecule is N#Cc1cc2oc(C=NO)nc2c2ccccc12. The number of oxime groups is 1. The van der Waals surface area contributed by atoms with Crippen LogP contribution in [-0.4, -0.2) is 16.4 Å². The minimum absolute atomic E-state index is 0.202. The summed E-state index contributed by atoms with van der Waals surface area (Å²) in [5.74, 6) is 0.202. The standard InChI is InChI=1S/C13H7N3O2/c14-6-8-5-11-13(16-12(18-11)7-15-17)10-4-2-1-3-9(8)10/h1-5,7,17H. The molecular weight excluding hydrogens is 230 g/mol. The van der Waals surface area contributed by atoms with Crippen LogP contribution in [-0.2, 0) is 0 Å². The summed E-state index contributed by atoms with van der Waals surface area (Å²) in [4.78, 5) is 4.22. The molecule has 3 aromatic rings. The highest BCUT2D eigenvalue weighted by atomic mass is 16.4. The van der Waals surface area contributed by atoms with Gasteiger partial charge < -0.3 is 9.62 Å². The molecule has 0 fully saturated rings. The fourth-order valence-corrected chi connectivity index (χ4v) is 1.97. The van der Waals surface area contributed by atoms with Crippen LogP contribution < -0.4 is 0 Å². The molecule has 5 nitrogen and oxygen atoms in total. The highest BCUT2D eigenvalue weighted by molar-refractivity contribution is 6.06. The van der Waals surface area contributed by atoms with Crippen molar-refractivity contribution in [3.8, 4) is 6.07 Å². The van der Waals surface area contributed by atoms with Gasteiger partial charge in [0.2, 0.25) is 5.89 Å². The summed E-state index contributed by atoms with van der Waals surface area (Å²) in [5, 5.41) is 22.1. The third-order valence-corrected chi connectivity index (χ3v) is 2.71. The molecule has 0 aliphatic rings. The summed E-state index contributed by atoms with van der Waals surface area (Å²) >= 11 is 0. The third-order valence-electron chi connectivity index (χ3n) is 2.71. The molecule has 0 aliphatic carbocycles. The zero-order valence-electron chi connectivity index (χ0n) is 9.16. The second-order valence-electron chi connectivity index (χ2n) is 3.72. The van der Waals surface area contributed by atoms with Crippen molar-refractivity contribution in [2.75, 3.05) is 0 Å². The maximum atomic E-state index is 9.13. The molecule has 2 aromatic carbocycles. The molecule has 0 atom stereocenters. The van der Waals surface area contributed by atoms with Gasteiger partial charge in [-0.25, -0.2) is 4.98 Å². The van der Waals surface area contributed by atoms with E-state index in [4.69, 9.17) is 14.9 Å². The molecule has 0 bridgehead atoms. The topological polar surface area (TPSA) is 82.4 Å². The van der Waals surface area contributed by atoms with E-state index in [1.165, 1.54) is 0 Å². The molecule has 3 rings (SSSR count). The van der Waals surface area contributed by atoms with Crippen LogP contribution in [0.2, 0.25) is 0 Å². The molecule has 0 radical (unpaired) electrons. The maximum absolute atomic E-state index is 9.13. The van der Waals surface area contributed by atoms with Gasteiger partial charge in [-0.1, -0.05) is 29.4 Å². The monoisotopic (exact) mass is 237 g/mol. The molecule has 86 valence electrons. The smallest absolute Gasteiger partial charge is 0.242 e. The molecule has 0 saturated carbocycles. The Balaban J connectivity index is 2.48. The van der Waals surface area contributed by atoms with Crippen molar-refractivity contribution in [3.63, 3.8) is 0 Å². The Bertz CT molecular complexity index is 812. The van der Waals surface area contributed by atoms with E-state index in [2.05, 4.69) is 16.2 Å². The number of fused-ring (bicyclic) bond motifs is 3. The minimum atomic E-state index is 0.202. The minimum Gasteiger partial charge on any atom is -0.435 e. The molecular formula is C13H7N3O2. The summed E-state index contributed by atoms with van der Waals surface area (Å²) in [5.41, 5.74) is 1.68. The van der Waals surface area contributed by atoms with Gasteiger partial charge in [-0.2, -0.15) is 5.26 Å². The van der Waals surface area contributed by atoms with Crippen LogP contribution in [0.1, 0.15) is 11.5 Å². The van der Waals surface area contributed by atoms with Crippen molar-refractivity contribution in [1.82, 2.24) is 4.98 Å². The lowest BCUT2D eigenvalue weighted by molar-refractivity contribution is 0.320. The predicted molar refractivity (Wildman–Crippen MR) is 65.6 cm³/mol. The van der Waals surface area contributed by atoms with Gasteiger partial charge in [-0.15, -0.1) is 0 Å². The lowest BCUT2D eigenvalue weighted by Gasteiger charge is -1.99. The van der Waals surface area contributed by atoms with E-state index in [9.17, 15) is 0 Å². The zero-order valence-corrected chi connectivity index (χ0v) is 9.16. The van der Waals surface area contributed by atoms with E-state index in [0.717, 1.165) is 17.0 Å². The first-order chi connectivity index (χ1) is 8.83. The van der Waals surface area contributed by atoms with E-state index < -0.39 is 0 Å². The largest absolute Gasteiger partial charge is 0.435 e. The first-order valence-corrected chi connectivity index (χ1v) is 5.23. The number of hydrogen-bond donors (Lipinski definition) is 1. The van der Waals surface area contributed by atoms with E-state index in [1.54, 1.807) is 6.07 Å². The van der Waals surface area contributed by atoms with Crippen molar-refractivity contribution < 1.29 is 9.62 Å². The lowest BCUT2D eigenvalue weighted by Crippen LogP contribution is -1.82. The predicted octanol–water partition coefficient (Wildman–Crippen LogP) is 2.66. The van der Waals surface area contributed by atoms with Crippen molar-refractivity contribution in [2.45, 2.75) is 0 Å². The second kappa shape index (κ2) is 3.86. The normalized spacial score (nSPS) is 11.3.